The number of carbonyl (C=O) groups excluding carboxylic acids is 1. The van der Waals surface area contributed by atoms with E-state index < -0.39 is 0 Å². The summed E-state index contributed by atoms with van der Waals surface area (Å²) in [4.78, 5) is 16.0. The molecule has 0 atom stereocenters. The average Bonchev–Trinajstić information content (AvgIpc) is 3.13. The van der Waals surface area contributed by atoms with Crippen LogP contribution < -0.4 is 19.7 Å². The number of rotatable bonds is 4. The Morgan fingerprint density at radius 2 is 1.74 bits per heavy atom. The highest BCUT2D eigenvalue weighted by atomic mass is 35.5. The van der Waals surface area contributed by atoms with Crippen LogP contribution >= 0.6 is 11.6 Å². The number of ether oxygens (including phenoxy) is 2. The predicted octanol–water partition coefficient (Wildman–Crippen LogP) is 2.29. The molecule has 1 N–H and O–H groups in total. The molecule has 0 saturated carbocycles. The summed E-state index contributed by atoms with van der Waals surface area (Å²) < 4.78 is 10.8. The summed E-state index contributed by atoms with van der Waals surface area (Å²) in [5.74, 6) is 2.00. The summed E-state index contributed by atoms with van der Waals surface area (Å²) in [5.41, 5.74) is 0. The third kappa shape index (κ3) is 3.18. The monoisotopic (exact) mass is 391 g/mol. The Morgan fingerprint density at radius 3 is 2.33 bits per heavy atom. The highest BCUT2D eigenvalue weighted by Crippen LogP contribution is 2.38. The molecule has 2 aliphatic rings. The lowest BCUT2D eigenvalue weighted by atomic mass is 10.0. The summed E-state index contributed by atoms with van der Waals surface area (Å²) in [6.45, 7) is 3.11. The molecule has 0 unspecified atom stereocenters. The van der Waals surface area contributed by atoms with E-state index in [0.717, 1.165) is 55.6 Å². The fourth-order valence-electron chi connectivity index (χ4n) is 3.89. The van der Waals surface area contributed by atoms with E-state index in [1.807, 2.05) is 17.0 Å². The van der Waals surface area contributed by atoms with Crippen LogP contribution in [0.25, 0.3) is 10.8 Å². The average molecular weight is 392 g/mol. The molecule has 2 amide bonds. The van der Waals surface area contributed by atoms with Crippen molar-refractivity contribution < 1.29 is 14.3 Å². The molecule has 9 heteroatoms. The maximum Gasteiger partial charge on any atom is 0.317 e. The van der Waals surface area contributed by atoms with Gasteiger partial charge in [0, 0.05) is 43.0 Å². The van der Waals surface area contributed by atoms with E-state index in [9.17, 15) is 4.79 Å². The summed E-state index contributed by atoms with van der Waals surface area (Å²) >= 11 is 6.28. The van der Waals surface area contributed by atoms with Crippen LogP contribution in [0.3, 0.4) is 0 Å². The lowest BCUT2D eigenvalue weighted by Crippen LogP contribution is -2.46. The van der Waals surface area contributed by atoms with Crippen LogP contribution in [0, 0.1) is 0 Å². The minimum atomic E-state index is 0.0435. The minimum absolute atomic E-state index is 0.0435. The zero-order chi connectivity index (χ0) is 19.0. The molecule has 2 saturated heterocycles. The van der Waals surface area contributed by atoms with Crippen LogP contribution in [0.2, 0.25) is 5.15 Å². The molecule has 27 heavy (non-hydrogen) atoms. The Kier molecular flexibility index (Phi) is 4.82. The number of halogens is 1. The molecule has 2 aromatic rings. The molecule has 1 aromatic heterocycles. The Bertz CT molecular complexity index is 870. The van der Waals surface area contributed by atoms with Crippen molar-refractivity contribution in [2.75, 3.05) is 45.3 Å². The van der Waals surface area contributed by atoms with Crippen LogP contribution in [0.4, 0.5) is 10.6 Å². The molecular weight excluding hydrogens is 370 g/mol. The van der Waals surface area contributed by atoms with Crippen molar-refractivity contribution in [3.8, 4) is 11.5 Å². The smallest absolute Gasteiger partial charge is 0.317 e. The van der Waals surface area contributed by atoms with Gasteiger partial charge in [-0.05, 0) is 25.0 Å². The van der Waals surface area contributed by atoms with Crippen molar-refractivity contribution in [2.45, 2.75) is 18.9 Å². The fourth-order valence-corrected chi connectivity index (χ4v) is 4.09. The molecule has 2 fully saturated rings. The third-order valence-electron chi connectivity index (χ3n) is 5.31. The first kappa shape index (κ1) is 17.9. The number of amides is 2. The molecule has 4 rings (SSSR count). The second-order valence-corrected chi connectivity index (χ2v) is 7.07. The molecule has 3 heterocycles. The first-order valence-electron chi connectivity index (χ1n) is 8.99. The molecule has 0 spiro atoms. The quantitative estimate of drug-likeness (QED) is 0.861. The van der Waals surface area contributed by atoms with Crippen molar-refractivity contribution in [1.29, 1.82) is 0 Å². The van der Waals surface area contributed by atoms with Gasteiger partial charge in [-0.15, -0.1) is 10.2 Å². The lowest BCUT2D eigenvalue weighted by Gasteiger charge is -2.36. The van der Waals surface area contributed by atoms with E-state index in [1.54, 1.807) is 14.2 Å². The van der Waals surface area contributed by atoms with Gasteiger partial charge < -0.3 is 24.6 Å². The number of fused-ring (bicyclic) bond motifs is 1. The second-order valence-electron chi connectivity index (χ2n) is 6.71. The first-order valence-corrected chi connectivity index (χ1v) is 9.37. The number of anilines is 1. The molecule has 0 aliphatic carbocycles. The molecule has 8 nitrogen and oxygen atoms in total. The Labute approximate surface area is 162 Å². The Hall–Kier alpha value is -2.48. The lowest BCUT2D eigenvalue weighted by molar-refractivity contribution is 0.186. The van der Waals surface area contributed by atoms with Gasteiger partial charge >= 0.3 is 6.03 Å². The van der Waals surface area contributed by atoms with E-state index >= 15 is 0 Å². The van der Waals surface area contributed by atoms with Gasteiger partial charge in [0.15, 0.2) is 22.5 Å². The van der Waals surface area contributed by atoms with Crippen molar-refractivity contribution in [3.05, 3.63) is 17.3 Å². The van der Waals surface area contributed by atoms with Gasteiger partial charge in [0.05, 0.1) is 14.2 Å². The van der Waals surface area contributed by atoms with Crippen LogP contribution in [0.5, 0.6) is 11.5 Å². The molecule has 144 valence electrons. The summed E-state index contributed by atoms with van der Waals surface area (Å²) in [6.07, 6.45) is 1.79. The number of hydrogen-bond donors (Lipinski definition) is 1. The van der Waals surface area contributed by atoms with Gasteiger partial charge in [-0.3, -0.25) is 0 Å². The SMILES string of the molecule is COc1cc2c(Cl)nnc(N3CCC(N4CCNC4=O)CC3)c2cc1OC. The number of urea groups is 1. The van der Waals surface area contributed by atoms with Crippen LogP contribution in [-0.2, 0) is 0 Å². The molecular formula is C18H22ClN5O3. The maximum atomic E-state index is 11.9. The van der Waals surface area contributed by atoms with E-state index in [-0.39, 0.29) is 12.1 Å². The van der Waals surface area contributed by atoms with E-state index in [1.165, 1.54) is 0 Å². The van der Waals surface area contributed by atoms with Gasteiger partial charge in [-0.25, -0.2) is 4.79 Å². The standard InChI is InChI=1S/C18H22ClN5O3/c1-26-14-9-12-13(10-15(14)27-2)17(22-21-16(12)19)23-6-3-11(4-7-23)24-8-5-20-18(24)25/h9-11H,3-8H2,1-2H3,(H,20,25). The summed E-state index contributed by atoms with van der Waals surface area (Å²) in [6, 6.07) is 4.03. The number of nitrogens with zero attached hydrogens (tertiary/aromatic N) is 4. The number of piperidine rings is 1. The van der Waals surface area contributed by atoms with Gasteiger partial charge in [-0.1, -0.05) is 11.6 Å². The largest absolute Gasteiger partial charge is 0.493 e. The van der Waals surface area contributed by atoms with Gasteiger partial charge in [-0.2, -0.15) is 0 Å². The van der Waals surface area contributed by atoms with Gasteiger partial charge in [0.2, 0.25) is 0 Å². The van der Waals surface area contributed by atoms with Crippen molar-refractivity contribution in [1.82, 2.24) is 20.4 Å². The Morgan fingerprint density at radius 1 is 1.07 bits per heavy atom. The van der Waals surface area contributed by atoms with Gasteiger partial charge in [0.25, 0.3) is 0 Å². The highest BCUT2D eigenvalue weighted by molar-refractivity contribution is 6.34. The summed E-state index contributed by atoms with van der Waals surface area (Å²) in [5, 5.41) is 13.3. The predicted molar refractivity (Wildman–Crippen MR) is 103 cm³/mol. The third-order valence-corrected chi connectivity index (χ3v) is 5.59. The zero-order valence-corrected chi connectivity index (χ0v) is 16.1. The first-order chi connectivity index (χ1) is 13.1. The summed E-state index contributed by atoms with van der Waals surface area (Å²) in [7, 11) is 3.19. The molecule has 0 bridgehead atoms. The van der Waals surface area contributed by atoms with Crippen molar-refractivity contribution >= 4 is 34.2 Å². The number of carbonyl (C=O) groups is 1. The highest BCUT2D eigenvalue weighted by Gasteiger charge is 2.31. The van der Waals surface area contributed by atoms with Gasteiger partial charge in [0.1, 0.15) is 0 Å². The number of benzene rings is 1. The van der Waals surface area contributed by atoms with Crippen LogP contribution in [0.15, 0.2) is 12.1 Å². The molecule has 2 aliphatic heterocycles. The normalized spacial score (nSPS) is 18.1. The second kappa shape index (κ2) is 7.26. The molecule has 1 aromatic carbocycles. The molecule has 0 radical (unpaired) electrons. The van der Waals surface area contributed by atoms with E-state index in [0.29, 0.717) is 16.7 Å². The van der Waals surface area contributed by atoms with Crippen LogP contribution in [-0.4, -0.2) is 67.6 Å². The number of hydrogen-bond acceptors (Lipinski definition) is 6. The van der Waals surface area contributed by atoms with E-state index in [2.05, 4.69) is 20.4 Å². The number of aromatic nitrogens is 2. The van der Waals surface area contributed by atoms with Crippen LogP contribution in [0.1, 0.15) is 12.8 Å². The van der Waals surface area contributed by atoms with Crippen molar-refractivity contribution in [3.63, 3.8) is 0 Å². The van der Waals surface area contributed by atoms with E-state index in [4.69, 9.17) is 21.1 Å². The number of methoxy groups -OCH3 is 2. The maximum absolute atomic E-state index is 11.9. The Balaban J connectivity index is 1.62. The van der Waals surface area contributed by atoms with Crippen molar-refractivity contribution in [2.24, 2.45) is 0 Å². The number of nitrogens with one attached hydrogen (secondary N) is 1. The zero-order valence-electron chi connectivity index (χ0n) is 15.4. The fraction of sp³-hybridized carbons (Fsp3) is 0.500. The minimum Gasteiger partial charge on any atom is -0.493 e. The topological polar surface area (TPSA) is 79.8 Å².